The number of hydrogen-bond donors (Lipinski definition) is 1. The molecule has 0 saturated heterocycles. The number of nitrogens with one attached hydrogen (secondary N) is 1. The van der Waals surface area contributed by atoms with Crippen LogP contribution < -0.4 is 10.2 Å². The lowest BCUT2D eigenvalue weighted by molar-refractivity contribution is -0.151. The molecule has 0 aromatic carbocycles. The predicted octanol–water partition coefficient (Wildman–Crippen LogP) is 0.780. The smallest absolute Gasteiger partial charge is 0.326 e. The Bertz CT molecular complexity index is 673. The highest BCUT2D eigenvalue weighted by atomic mass is 16.5. The number of aryl methyl sites for hydroxylation is 1. The Kier molecular flexibility index (Phi) is 5.23. The third-order valence-electron chi connectivity index (χ3n) is 2.82. The number of anilines is 2. The largest absolute Gasteiger partial charge is 0.451 e. The van der Waals surface area contributed by atoms with Crippen molar-refractivity contribution in [3.05, 3.63) is 30.3 Å². The third-order valence-corrected chi connectivity index (χ3v) is 2.82. The van der Waals surface area contributed by atoms with Crippen molar-refractivity contribution in [3.63, 3.8) is 0 Å². The monoisotopic (exact) mass is 319 g/mol. The van der Waals surface area contributed by atoms with Crippen molar-refractivity contribution in [1.29, 1.82) is 0 Å². The Balaban J connectivity index is 1.83. The molecule has 2 aromatic rings. The molecule has 0 radical (unpaired) electrons. The molecule has 122 valence electrons. The van der Waals surface area contributed by atoms with Crippen LogP contribution in [0.4, 0.5) is 11.8 Å². The molecular weight excluding hydrogens is 302 g/mol. The van der Waals surface area contributed by atoms with E-state index in [9.17, 15) is 9.59 Å². The fourth-order valence-corrected chi connectivity index (χ4v) is 1.69. The average molecular weight is 319 g/mol. The number of amides is 1. The van der Waals surface area contributed by atoms with Gasteiger partial charge in [-0.15, -0.1) is 0 Å². The minimum Gasteiger partial charge on any atom is -0.451 e. The van der Waals surface area contributed by atoms with Crippen molar-refractivity contribution in [2.75, 3.05) is 23.8 Å². The van der Waals surface area contributed by atoms with Gasteiger partial charge in [-0.1, -0.05) is 5.16 Å². The number of esters is 1. The number of likely N-dealkylation sites (N-methyl/N-ethyl adjacent to an activating group) is 1. The summed E-state index contributed by atoms with van der Waals surface area (Å²) in [6.45, 7) is 3.09. The maximum atomic E-state index is 11.9. The summed E-state index contributed by atoms with van der Waals surface area (Å²) in [7, 11) is 1.65. The van der Waals surface area contributed by atoms with Crippen LogP contribution in [0.5, 0.6) is 0 Å². The molecule has 0 fully saturated rings. The van der Waals surface area contributed by atoms with E-state index in [1.54, 1.807) is 38.5 Å². The highest BCUT2D eigenvalue weighted by molar-refractivity contribution is 5.94. The summed E-state index contributed by atoms with van der Waals surface area (Å²) in [5.41, 5.74) is 0. The van der Waals surface area contributed by atoms with Crippen LogP contribution in [0.1, 0.15) is 12.7 Å². The van der Waals surface area contributed by atoms with Gasteiger partial charge in [-0.3, -0.25) is 9.59 Å². The van der Waals surface area contributed by atoms with Gasteiger partial charge < -0.3 is 19.5 Å². The van der Waals surface area contributed by atoms with Gasteiger partial charge in [0.1, 0.15) is 12.3 Å². The van der Waals surface area contributed by atoms with Gasteiger partial charge in [-0.2, -0.15) is 0 Å². The first-order valence-electron chi connectivity index (χ1n) is 6.87. The molecule has 0 saturated carbocycles. The summed E-state index contributed by atoms with van der Waals surface area (Å²) in [6.07, 6.45) is 2.17. The first-order chi connectivity index (χ1) is 11.0. The van der Waals surface area contributed by atoms with Crippen LogP contribution in [0.15, 0.2) is 29.0 Å². The lowest BCUT2D eigenvalue weighted by Gasteiger charge is -2.17. The molecule has 1 N–H and O–H groups in total. The average Bonchev–Trinajstić information content (AvgIpc) is 2.93. The van der Waals surface area contributed by atoms with Crippen LogP contribution in [-0.4, -0.2) is 46.7 Å². The molecule has 2 rings (SSSR count). The molecule has 1 amide bonds. The molecule has 2 aromatic heterocycles. The highest BCUT2D eigenvalue weighted by Crippen LogP contribution is 2.08. The first-order valence-corrected chi connectivity index (χ1v) is 6.87. The highest BCUT2D eigenvalue weighted by Gasteiger charge is 2.20. The first kappa shape index (κ1) is 16.4. The van der Waals surface area contributed by atoms with Gasteiger partial charge in [0.25, 0.3) is 5.91 Å². The van der Waals surface area contributed by atoms with E-state index in [4.69, 9.17) is 9.26 Å². The number of rotatable bonds is 6. The molecule has 1 atom stereocenters. The van der Waals surface area contributed by atoms with Crippen molar-refractivity contribution in [2.45, 2.75) is 20.0 Å². The minimum absolute atomic E-state index is 0.0787. The van der Waals surface area contributed by atoms with E-state index in [-0.39, 0.29) is 12.4 Å². The molecule has 0 aliphatic carbocycles. The second kappa shape index (κ2) is 7.34. The number of ether oxygens (including phenoxy) is 1. The van der Waals surface area contributed by atoms with Crippen molar-refractivity contribution in [3.8, 4) is 0 Å². The molecule has 1 unspecified atom stereocenters. The predicted molar refractivity (Wildman–Crippen MR) is 80.7 cm³/mol. The zero-order chi connectivity index (χ0) is 16.8. The van der Waals surface area contributed by atoms with E-state index in [0.717, 1.165) is 0 Å². The molecule has 0 spiro atoms. The Labute approximate surface area is 132 Å². The van der Waals surface area contributed by atoms with Crippen LogP contribution in [0.2, 0.25) is 0 Å². The number of hydrogen-bond acceptors (Lipinski definition) is 8. The molecule has 23 heavy (non-hydrogen) atoms. The maximum Gasteiger partial charge on any atom is 0.326 e. The van der Waals surface area contributed by atoms with E-state index >= 15 is 0 Å². The number of nitrogens with zero attached hydrogens (tertiary/aromatic N) is 4. The second-order valence-electron chi connectivity index (χ2n) is 4.85. The summed E-state index contributed by atoms with van der Waals surface area (Å²) >= 11 is 0. The van der Waals surface area contributed by atoms with Gasteiger partial charge in [-0.05, 0) is 19.9 Å². The molecule has 0 bridgehead atoms. The summed E-state index contributed by atoms with van der Waals surface area (Å²) in [5, 5.41) is 6.13. The van der Waals surface area contributed by atoms with E-state index < -0.39 is 18.0 Å². The van der Waals surface area contributed by atoms with E-state index in [1.165, 1.54) is 11.8 Å². The molecule has 0 aliphatic rings. The molecule has 9 nitrogen and oxygen atoms in total. The number of carbonyl (C=O) groups is 2. The Morgan fingerprint density at radius 1 is 1.39 bits per heavy atom. The quantitative estimate of drug-likeness (QED) is 0.778. The fourth-order valence-electron chi connectivity index (χ4n) is 1.69. The fraction of sp³-hybridized carbons (Fsp3) is 0.357. The van der Waals surface area contributed by atoms with E-state index in [0.29, 0.717) is 11.7 Å². The summed E-state index contributed by atoms with van der Waals surface area (Å²) < 4.78 is 9.91. The zero-order valence-corrected chi connectivity index (χ0v) is 13.0. The molecule has 2 heterocycles. The van der Waals surface area contributed by atoms with Crippen LogP contribution in [-0.2, 0) is 14.3 Å². The van der Waals surface area contributed by atoms with Gasteiger partial charge in [0.2, 0.25) is 5.95 Å². The van der Waals surface area contributed by atoms with Crippen LogP contribution in [0.25, 0.3) is 0 Å². The summed E-state index contributed by atoms with van der Waals surface area (Å²) in [6, 6.07) is 3.24. The maximum absolute atomic E-state index is 11.9. The van der Waals surface area contributed by atoms with Crippen LogP contribution >= 0.6 is 0 Å². The lowest BCUT2D eigenvalue weighted by atomic mass is 10.3. The normalized spacial score (nSPS) is 11.6. The molecular formula is C14H17N5O4. The topological polar surface area (TPSA) is 110 Å². The van der Waals surface area contributed by atoms with Crippen molar-refractivity contribution >= 4 is 23.6 Å². The van der Waals surface area contributed by atoms with Crippen LogP contribution in [0.3, 0.4) is 0 Å². The third kappa shape index (κ3) is 4.77. The Morgan fingerprint density at radius 3 is 2.70 bits per heavy atom. The summed E-state index contributed by atoms with van der Waals surface area (Å²) in [5.74, 6) is 0.156. The summed E-state index contributed by atoms with van der Waals surface area (Å²) in [4.78, 5) is 33.3. The van der Waals surface area contributed by atoms with Crippen molar-refractivity contribution in [1.82, 2.24) is 15.1 Å². The minimum atomic E-state index is -0.968. The van der Waals surface area contributed by atoms with Gasteiger partial charge in [-0.25, -0.2) is 9.97 Å². The van der Waals surface area contributed by atoms with Gasteiger partial charge in [0.05, 0.1) is 0 Å². The standard InChI is InChI=1S/C14H17N5O4/c1-9-7-11(18-23-9)17-13(21)10(2)22-12(20)8-19(3)14-15-5-4-6-16-14/h4-7,10H,8H2,1-3H3,(H,17,18,21). The molecule has 9 heteroatoms. The van der Waals surface area contributed by atoms with Crippen LogP contribution in [0, 0.1) is 6.92 Å². The van der Waals surface area contributed by atoms with Gasteiger partial charge >= 0.3 is 5.97 Å². The molecule has 0 aliphatic heterocycles. The van der Waals surface area contributed by atoms with Crippen molar-refractivity contribution in [2.24, 2.45) is 0 Å². The van der Waals surface area contributed by atoms with E-state index in [1.807, 2.05) is 0 Å². The lowest BCUT2D eigenvalue weighted by Crippen LogP contribution is -2.35. The Hall–Kier alpha value is -2.97. The Morgan fingerprint density at radius 2 is 2.09 bits per heavy atom. The van der Waals surface area contributed by atoms with Gasteiger partial charge in [0, 0.05) is 25.5 Å². The van der Waals surface area contributed by atoms with Crippen molar-refractivity contribution < 1.29 is 18.8 Å². The van der Waals surface area contributed by atoms with E-state index in [2.05, 4.69) is 20.4 Å². The van der Waals surface area contributed by atoms with Gasteiger partial charge in [0.15, 0.2) is 11.9 Å². The SMILES string of the molecule is Cc1cc(NC(=O)C(C)OC(=O)CN(C)c2ncccn2)no1. The second-order valence-corrected chi connectivity index (χ2v) is 4.85. The zero-order valence-electron chi connectivity index (χ0n) is 13.0. The number of aromatic nitrogens is 3. The number of carbonyl (C=O) groups excluding carboxylic acids is 2.